The van der Waals surface area contributed by atoms with Crippen LogP contribution in [0.3, 0.4) is 0 Å². The number of fused-ring (bicyclic) bond motifs is 1. The number of hydrogen-bond donors (Lipinski definition) is 1. The maximum atomic E-state index is 12.6. The van der Waals surface area contributed by atoms with Gasteiger partial charge in [-0.05, 0) is 30.3 Å². The van der Waals surface area contributed by atoms with Crippen molar-refractivity contribution in [3.8, 4) is 10.8 Å². The zero-order chi connectivity index (χ0) is 21.4. The average molecular weight is 457 g/mol. The van der Waals surface area contributed by atoms with Gasteiger partial charge in [0, 0.05) is 43.0 Å². The van der Waals surface area contributed by atoms with Gasteiger partial charge in [0.05, 0.1) is 6.26 Å². The summed E-state index contributed by atoms with van der Waals surface area (Å²) in [6.07, 6.45) is 1.56. The number of carbonyl (C=O) groups excluding carboxylic acids is 1. The van der Waals surface area contributed by atoms with E-state index in [4.69, 9.17) is 16.0 Å². The number of aromatic nitrogens is 3. The van der Waals surface area contributed by atoms with E-state index in [0.29, 0.717) is 58.4 Å². The molecule has 0 saturated carbocycles. The molecule has 0 radical (unpaired) electrons. The van der Waals surface area contributed by atoms with E-state index >= 15 is 0 Å². The van der Waals surface area contributed by atoms with Crippen molar-refractivity contribution < 1.29 is 9.21 Å². The summed E-state index contributed by atoms with van der Waals surface area (Å²) in [5, 5.41) is 8.31. The third kappa shape index (κ3) is 3.99. The Morgan fingerprint density at radius 1 is 1.13 bits per heavy atom. The first kappa shape index (κ1) is 19.6. The Labute approximate surface area is 185 Å². The molecular weight excluding hydrogens is 440 g/mol. The molecule has 11 heteroatoms. The Hall–Kier alpha value is -3.37. The Morgan fingerprint density at radius 2 is 1.97 bits per heavy atom. The summed E-state index contributed by atoms with van der Waals surface area (Å²) in [6, 6.07) is 11.9. The van der Waals surface area contributed by atoms with Gasteiger partial charge in [-0.25, -0.2) is 9.78 Å². The maximum Gasteiger partial charge on any atom is 0.321 e. The normalized spacial score (nSPS) is 14.2. The van der Waals surface area contributed by atoms with Gasteiger partial charge >= 0.3 is 6.03 Å². The molecule has 1 fully saturated rings. The molecule has 0 unspecified atom stereocenters. The summed E-state index contributed by atoms with van der Waals surface area (Å²) in [4.78, 5) is 33.9. The summed E-state index contributed by atoms with van der Waals surface area (Å²) in [7, 11) is 0. The van der Waals surface area contributed by atoms with Gasteiger partial charge < -0.3 is 19.5 Å². The first-order chi connectivity index (χ1) is 15.1. The molecule has 31 heavy (non-hydrogen) atoms. The zero-order valence-corrected chi connectivity index (χ0v) is 17.8. The van der Waals surface area contributed by atoms with Crippen molar-refractivity contribution in [1.82, 2.24) is 19.5 Å². The fraction of sp³-hybridized carbons (Fsp3) is 0.200. The number of nitrogens with zero attached hydrogens (tertiary/aromatic N) is 5. The van der Waals surface area contributed by atoms with Crippen molar-refractivity contribution in [3.05, 3.63) is 64.1 Å². The molecule has 2 amide bonds. The second-order valence-electron chi connectivity index (χ2n) is 6.95. The van der Waals surface area contributed by atoms with Crippen LogP contribution in [0.5, 0.6) is 0 Å². The van der Waals surface area contributed by atoms with Crippen LogP contribution in [-0.4, -0.2) is 51.7 Å². The summed E-state index contributed by atoms with van der Waals surface area (Å²) in [5.74, 6) is 1.17. The number of hydrogen-bond acceptors (Lipinski definition) is 7. The van der Waals surface area contributed by atoms with Crippen LogP contribution >= 0.6 is 22.9 Å². The molecule has 158 valence electrons. The Kier molecular flexibility index (Phi) is 5.08. The van der Waals surface area contributed by atoms with Crippen molar-refractivity contribution in [2.45, 2.75) is 0 Å². The summed E-state index contributed by atoms with van der Waals surface area (Å²) < 4.78 is 6.64. The van der Waals surface area contributed by atoms with Gasteiger partial charge in [-0.2, -0.15) is 4.52 Å². The fourth-order valence-corrected chi connectivity index (χ4v) is 4.43. The predicted octanol–water partition coefficient (Wildman–Crippen LogP) is 3.42. The maximum absolute atomic E-state index is 12.6. The minimum atomic E-state index is -0.254. The monoisotopic (exact) mass is 456 g/mol. The van der Waals surface area contributed by atoms with Crippen LogP contribution in [0.15, 0.2) is 57.9 Å². The number of amides is 2. The lowest BCUT2D eigenvalue weighted by atomic mass is 10.3. The third-order valence-electron chi connectivity index (χ3n) is 4.93. The molecule has 0 bridgehead atoms. The highest BCUT2D eigenvalue weighted by atomic mass is 35.5. The molecule has 1 aliphatic rings. The van der Waals surface area contributed by atoms with Crippen LogP contribution in [0.25, 0.3) is 15.7 Å². The second kappa shape index (κ2) is 8.05. The van der Waals surface area contributed by atoms with Crippen molar-refractivity contribution in [2.24, 2.45) is 0 Å². The van der Waals surface area contributed by atoms with E-state index in [2.05, 4.69) is 15.4 Å². The number of rotatable bonds is 3. The van der Waals surface area contributed by atoms with Crippen LogP contribution in [0.1, 0.15) is 0 Å². The second-order valence-corrected chi connectivity index (χ2v) is 8.34. The highest BCUT2D eigenvalue weighted by molar-refractivity contribution is 7.19. The van der Waals surface area contributed by atoms with Gasteiger partial charge in [0.2, 0.25) is 4.96 Å². The number of anilines is 2. The van der Waals surface area contributed by atoms with Crippen LogP contribution in [0, 0.1) is 0 Å². The van der Waals surface area contributed by atoms with E-state index in [0.717, 1.165) is 0 Å². The molecule has 0 atom stereocenters. The van der Waals surface area contributed by atoms with Gasteiger partial charge in [0.1, 0.15) is 5.82 Å². The number of carbonyl (C=O) groups is 1. The van der Waals surface area contributed by atoms with Gasteiger partial charge in [-0.3, -0.25) is 4.79 Å². The van der Waals surface area contributed by atoms with E-state index in [-0.39, 0.29) is 11.6 Å². The molecule has 1 aliphatic heterocycles. The number of urea groups is 1. The topological polar surface area (TPSA) is 96.0 Å². The van der Waals surface area contributed by atoms with E-state index in [1.807, 2.05) is 4.90 Å². The molecule has 3 aromatic heterocycles. The highest BCUT2D eigenvalue weighted by Crippen LogP contribution is 2.25. The molecule has 5 rings (SSSR count). The van der Waals surface area contributed by atoms with Gasteiger partial charge in [0.15, 0.2) is 10.8 Å². The number of benzene rings is 1. The Balaban J connectivity index is 1.29. The molecule has 1 N–H and O–H groups in total. The van der Waals surface area contributed by atoms with Crippen LogP contribution < -0.4 is 15.8 Å². The molecule has 1 aromatic carbocycles. The summed E-state index contributed by atoms with van der Waals surface area (Å²) in [5.41, 5.74) is 0.396. The number of nitrogens with one attached hydrogen (secondary N) is 1. The highest BCUT2D eigenvalue weighted by Gasteiger charge is 2.23. The largest absolute Gasteiger partial charge is 0.462 e. The van der Waals surface area contributed by atoms with Crippen molar-refractivity contribution in [3.63, 3.8) is 0 Å². The van der Waals surface area contributed by atoms with Crippen molar-refractivity contribution in [2.75, 3.05) is 36.4 Å². The molecular formula is C20H17ClN6O3S. The number of halogens is 1. The van der Waals surface area contributed by atoms with Crippen LogP contribution in [-0.2, 0) is 0 Å². The van der Waals surface area contributed by atoms with E-state index in [9.17, 15) is 9.59 Å². The molecule has 0 spiro atoms. The average Bonchev–Trinajstić information content (AvgIpc) is 3.44. The minimum absolute atomic E-state index is 0.184. The van der Waals surface area contributed by atoms with Crippen molar-refractivity contribution in [1.29, 1.82) is 0 Å². The minimum Gasteiger partial charge on any atom is -0.462 e. The third-order valence-corrected chi connectivity index (χ3v) is 6.09. The van der Waals surface area contributed by atoms with Crippen molar-refractivity contribution >= 4 is 45.4 Å². The SMILES string of the molecule is O=C(Nc1cccc(Cl)c1)N1CCN(c2cc(=O)n3nc(-c4ccco4)sc3n2)CC1. The first-order valence-electron chi connectivity index (χ1n) is 9.58. The Morgan fingerprint density at radius 3 is 2.71 bits per heavy atom. The molecule has 4 aromatic rings. The van der Waals surface area contributed by atoms with E-state index in [1.54, 1.807) is 47.6 Å². The molecule has 9 nitrogen and oxygen atoms in total. The number of piperazine rings is 1. The lowest BCUT2D eigenvalue weighted by Gasteiger charge is -2.35. The molecule has 1 saturated heterocycles. The standard InChI is InChI=1S/C20H17ClN6O3S/c21-13-3-1-4-14(11-13)22-19(29)26-8-6-25(7-9-26)16-12-17(28)27-20(23-16)31-18(24-27)15-5-2-10-30-15/h1-5,10-12H,6-9H2,(H,22,29). The van der Waals surface area contributed by atoms with E-state index in [1.165, 1.54) is 21.9 Å². The summed E-state index contributed by atoms with van der Waals surface area (Å²) >= 11 is 7.26. The Bertz CT molecular complexity index is 1290. The smallest absolute Gasteiger partial charge is 0.321 e. The van der Waals surface area contributed by atoms with Crippen LogP contribution in [0.2, 0.25) is 5.02 Å². The zero-order valence-electron chi connectivity index (χ0n) is 16.2. The lowest BCUT2D eigenvalue weighted by molar-refractivity contribution is 0.208. The lowest BCUT2D eigenvalue weighted by Crippen LogP contribution is -2.50. The van der Waals surface area contributed by atoms with E-state index < -0.39 is 0 Å². The molecule has 4 heterocycles. The summed E-state index contributed by atoms with van der Waals surface area (Å²) in [6.45, 7) is 2.15. The fourth-order valence-electron chi connectivity index (χ4n) is 3.37. The van der Waals surface area contributed by atoms with Gasteiger partial charge in [0.25, 0.3) is 5.56 Å². The van der Waals surface area contributed by atoms with Gasteiger partial charge in [-0.15, -0.1) is 5.10 Å². The quantitative estimate of drug-likeness (QED) is 0.507. The van der Waals surface area contributed by atoms with Crippen LogP contribution in [0.4, 0.5) is 16.3 Å². The predicted molar refractivity (Wildman–Crippen MR) is 119 cm³/mol. The molecule has 0 aliphatic carbocycles. The van der Waals surface area contributed by atoms with Gasteiger partial charge in [-0.1, -0.05) is 29.0 Å². The number of furan rings is 1. The first-order valence-corrected chi connectivity index (χ1v) is 10.8.